The second-order valence-electron chi connectivity index (χ2n) is 3.82. The predicted octanol–water partition coefficient (Wildman–Crippen LogP) is 2.01. The van der Waals surface area contributed by atoms with Crippen molar-refractivity contribution in [3.63, 3.8) is 0 Å². The van der Waals surface area contributed by atoms with Crippen LogP contribution < -0.4 is 5.32 Å². The molecule has 0 amide bonds. The Morgan fingerprint density at radius 1 is 1.36 bits per heavy atom. The summed E-state index contributed by atoms with van der Waals surface area (Å²) in [6.07, 6.45) is 2.09. The lowest BCUT2D eigenvalue weighted by atomic mass is 10.1. The fraction of sp³-hybridized carbons (Fsp3) is 0.417. The predicted molar refractivity (Wildman–Crippen MR) is 59.7 cm³/mol. The largest absolute Gasteiger partial charge is 0.371 e. The minimum Gasteiger partial charge on any atom is -0.371 e. The fourth-order valence-electron chi connectivity index (χ4n) is 1.69. The van der Waals surface area contributed by atoms with Crippen molar-refractivity contribution in [1.29, 1.82) is 0 Å². The van der Waals surface area contributed by atoms with Gasteiger partial charge in [0.25, 0.3) is 0 Å². The molecule has 0 spiro atoms. The molecule has 1 aromatic carbocycles. The van der Waals surface area contributed by atoms with Crippen molar-refractivity contribution in [3.05, 3.63) is 35.9 Å². The molecule has 1 atom stereocenters. The van der Waals surface area contributed by atoms with Gasteiger partial charge >= 0.3 is 0 Å². The number of hydrogen-bond acceptors (Lipinski definition) is 2. The molecule has 0 fully saturated rings. The fourth-order valence-corrected chi connectivity index (χ4v) is 1.69. The minimum absolute atomic E-state index is 0.575. The third-order valence-electron chi connectivity index (χ3n) is 2.49. The van der Waals surface area contributed by atoms with Crippen molar-refractivity contribution in [2.75, 3.05) is 6.54 Å². The normalized spacial score (nSPS) is 21.2. The molecular weight excluding hydrogens is 172 g/mol. The standard InChI is InChI=1S/C12H16N2/c1-10-7-8-13-12(14-10)9-11-5-3-2-4-6-11/h2-6,10H,7-9H2,1H3,(H,13,14). The Morgan fingerprint density at radius 2 is 2.14 bits per heavy atom. The lowest BCUT2D eigenvalue weighted by molar-refractivity contribution is 0.582. The quantitative estimate of drug-likeness (QED) is 0.754. The van der Waals surface area contributed by atoms with E-state index in [1.165, 1.54) is 5.56 Å². The highest BCUT2D eigenvalue weighted by atomic mass is 15.0. The third-order valence-corrected chi connectivity index (χ3v) is 2.49. The van der Waals surface area contributed by atoms with Crippen molar-refractivity contribution >= 4 is 5.84 Å². The van der Waals surface area contributed by atoms with Crippen molar-refractivity contribution in [2.45, 2.75) is 25.8 Å². The molecule has 14 heavy (non-hydrogen) atoms. The Labute approximate surface area is 85.1 Å². The summed E-state index contributed by atoms with van der Waals surface area (Å²) >= 11 is 0. The van der Waals surface area contributed by atoms with E-state index in [0.717, 1.165) is 25.2 Å². The molecule has 1 heterocycles. The zero-order valence-corrected chi connectivity index (χ0v) is 8.53. The molecule has 74 valence electrons. The number of nitrogens with one attached hydrogen (secondary N) is 1. The molecule has 0 saturated heterocycles. The number of amidine groups is 1. The van der Waals surface area contributed by atoms with E-state index in [2.05, 4.69) is 41.5 Å². The lowest BCUT2D eigenvalue weighted by Crippen LogP contribution is -2.38. The van der Waals surface area contributed by atoms with E-state index in [-0.39, 0.29) is 0 Å². The minimum atomic E-state index is 0.575. The number of rotatable bonds is 2. The van der Waals surface area contributed by atoms with Gasteiger partial charge < -0.3 is 5.32 Å². The molecule has 0 aromatic heterocycles. The van der Waals surface area contributed by atoms with Crippen LogP contribution in [-0.4, -0.2) is 18.4 Å². The Morgan fingerprint density at radius 3 is 2.86 bits per heavy atom. The van der Waals surface area contributed by atoms with Gasteiger partial charge in [-0.05, 0) is 18.9 Å². The summed E-state index contributed by atoms with van der Waals surface area (Å²) in [6.45, 7) is 3.18. The summed E-state index contributed by atoms with van der Waals surface area (Å²) in [5.74, 6) is 1.13. The molecule has 1 aliphatic rings. The van der Waals surface area contributed by atoms with E-state index in [1.54, 1.807) is 0 Å². The van der Waals surface area contributed by atoms with E-state index < -0.39 is 0 Å². The number of benzene rings is 1. The van der Waals surface area contributed by atoms with Crippen LogP contribution in [0.2, 0.25) is 0 Å². The summed E-state index contributed by atoms with van der Waals surface area (Å²) in [5.41, 5.74) is 1.33. The Kier molecular flexibility index (Phi) is 2.82. The van der Waals surface area contributed by atoms with Gasteiger partial charge in [0.1, 0.15) is 5.84 Å². The molecule has 0 bridgehead atoms. The average molecular weight is 188 g/mol. The van der Waals surface area contributed by atoms with Gasteiger partial charge in [0.2, 0.25) is 0 Å². The highest BCUT2D eigenvalue weighted by molar-refractivity contribution is 5.85. The summed E-state index contributed by atoms with van der Waals surface area (Å²) in [6, 6.07) is 11.0. The van der Waals surface area contributed by atoms with Crippen LogP contribution in [0.3, 0.4) is 0 Å². The van der Waals surface area contributed by atoms with Crippen LogP contribution in [0.5, 0.6) is 0 Å². The van der Waals surface area contributed by atoms with Crippen LogP contribution in [0, 0.1) is 0 Å². The molecule has 1 N–H and O–H groups in total. The Bertz CT molecular complexity index is 316. The molecule has 0 radical (unpaired) electrons. The smallest absolute Gasteiger partial charge is 0.101 e. The van der Waals surface area contributed by atoms with Crippen molar-refractivity contribution in [2.24, 2.45) is 4.99 Å². The molecule has 2 nitrogen and oxygen atoms in total. The molecule has 1 unspecified atom stereocenters. The maximum Gasteiger partial charge on any atom is 0.101 e. The summed E-state index contributed by atoms with van der Waals surface area (Å²) < 4.78 is 0. The topological polar surface area (TPSA) is 24.4 Å². The van der Waals surface area contributed by atoms with Gasteiger partial charge in [0.15, 0.2) is 0 Å². The van der Waals surface area contributed by atoms with Gasteiger partial charge in [-0.3, -0.25) is 4.99 Å². The first-order valence-corrected chi connectivity index (χ1v) is 5.18. The SMILES string of the molecule is CC1CCN=C(Cc2ccccc2)N1. The van der Waals surface area contributed by atoms with E-state index in [1.807, 2.05) is 6.07 Å². The van der Waals surface area contributed by atoms with Crippen molar-refractivity contribution in [1.82, 2.24) is 5.32 Å². The van der Waals surface area contributed by atoms with Crippen molar-refractivity contribution < 1.29 is 0 Å². The van der Waals surface area contributed by atoms with Crippen molar-refractivity contribution in [3.8, 4) is 0 Å². The summed E-state index contributed by atoms with van der Waals surface area (Å²) in [4.78, 5) is 4.48. The van der Waals surface area contributed by atoms with Crippen LogP contribution in [0.25, 0.3) is 0 Å². The molecule has 0 aliphatic carbocycles. The molecular formula is C12H16N2. The van der Waals surface area contributed by atoms with E-state index in [4.69, 9.17) is 0 Å². The molecule has 0 saturated carbocycles. The number of nitrogens with zero attached hydrogens (tertiary/aromatic N) is 1. The maximum atomic E-state index is 4.48. The lowest BCUT2D eigenvalue weighted by Gasteiger charge is -2.21. The van der Waals surface area contributed by atoms with Gasteiger partial charge in [-0.1, -0.05) is 30.3 Å². The summed E-state index contributed by atoms with van der Waals surface area (Å²) in [5, 5.41) is 3.41. The highest BCUT2D eigenvalue weighted by Gasteiger charge is 2.10. The van der Waals surface area contributed by atoms with E-state index in [0.29, 0.717) is 6.04 Å². The molecule has 2 heteroatoms. The second kappa shape index (κ2) is 4.27. The first kappa shape index (κ1) is 9.25. The Balaban J connectivity index is 2.01. The van der Waals surface area contributed by atoms with Gasteiger partial charge in [-0.2, -0.15) is 0 Å². The van der Waals surface area contributed by atoms with Gasteiger partial charge in [-0.25, -0.2) is 0 Å². The van der Waals surface area contributed by atoms with Crippen LogP contribution in [-0.2, 0) is 6.42 Å². The zero-order valence-electron chi connectivity index (χ0n) is 8.53. The van der Waals surface area contributed by atoms with Gasteiger partial charge in [-0.15, -0.1) is 0 Å². The number of hydrogen-bond donors (Lipinski definition) is 1. The molecule has 1 aliphatic heterocycles. The monoisotopic (exact) mass is 188 g/mol. The molecule has 1 aromatic rings. The first-order valence-electron chi connectivity index (χ1n) is 5.18. The average Bonchev–Trinajstić information content (AvgIpc) is 2.19. The molecule has 2 rings (SSSR count). The second-order valence-corrected chi connectivity index (χ2v) is 3.82. The third kappa shape index (κ3) is 2.34. The van der Waals surface area contributed by atoms with Crippen LogP contribution in [0.1, 0.15) is 18.9 Å². The van der Waals surface area contributed by atoms with E-state index >= 15 is 0 Å². The zero-order chi connectivity index (χ0) is 9.80. The number of aliphatic imine (C=N–C) groups is 1. The maximum absolute atomic E-state index is 4.48. The highest BCUT2D eigenvalue weighted by Crippen LogP contribution is 2.04. The first-order chi connectivity index (χ1) is 6.84. The van der Waals surface area contributed by atoms with Gasteiger partial charge in [0, 0.05) is 19.0 Å². The van der Waals surface area contributed by atoms with Crippen LogP contribution >= 0.6 is 0 Å². The van der Waals surface area contributed by atoms with Crippen LogP contribution in [0.15, 0.2) is 35.3 Å². The van der Waals surface area contributed by atoms with Crippen LogP contribution in [0.4, 0.5) is 0 Å². The van der Waals surface area contributed by atoms with Gasteiger partial charge in [0.05, 0.1) is 0 Å². The Hall–Kier alpha value is -1.31. The van der Waals surface area contributed by atoms with E-state index in [9.17, 15) is 0 Å². The summed E-state index contributed by atoms with van der Waals surface area (Å²) in [7, 11) is 0.